The fourth-order valence-electron chi connectivity index (χ4n) is 0. The van der Waals surface area contributed by atoms with Gasteiger partial charge in [-0.1, -0.05) is 0 Å². The monoisotopic (exact) mass is 141 g/mol. The molecule has 0 spiro atoms. The van der Waals surface area contributed by atoms with Crippen LogP contribution in [0.15, 0.2) is 0 Å². The number of nitrogens with two attached hydrogens (primary N) is 1. The fourth-order valence-corrected chi connectivity index (χ4v) is 0. The van der Waals surface area contributed by atoms with Gasteiger partial charge in [-0.25, -0.2) is 5.90 Å². The van der Waals surface area contributed by atoms with Crippen LogP contribution in [0.1, 0.15) is 6.92 Å². The van der Waals surface area contributed by atoms with Crippen molar-refractivity contribution in [2.24, 2.45) is 5.90 Å². The molecule has 0 aromatic heterocycles. The zero-order valence-electron chi connectivity index (χ0n) is 3.10. The smallest absolute Gasteiger partial charge is 0.0651 e. The van der Waals surface area contributed by atoms with Gasteiger partial charge in [0.05, 0.1) is 6.61 Å². The van der Waals surface area contributed by atoms with E-state index in [-0.39, 0.29) is 17.0 Å². The molecule has 0 rings (SSSR count). The molecule has 0 aromatic carbocycles. The summed E-state index contributed by atoms with van der Waals surface area (Å²) in [5, 5.41) is 0. The van der Waals surface area contributed by atoms with E-state index >= 15 is 0 Å². The van der Waals surface area contributed by atoms with Crippen molar-refractivity contribution < 1.29 is 4.84 Å². The Balaban J connectivity index is 0. The van der Waals surface area contributed by atoms with Crippen molar-refractivity contribution in [3.05, 3.63) is 0 Å². The molecule has 2 N–H and O–H groups in total. The molecule has 0 radical (unpaired) electrons. The first-order valence-corrected chi connectivity index (χ1v) is 1.23. The highest BCUT2D eigenvalue weighted by atomic mass is 79.9. The Kier molecular flexibility index (Phi) is 16.0. The predicted octanol–water partition coefficient (Wildman–Crippen LogP) is 0.475. The second-order valence-corrected chi connectivity index (χ2v) is 0.455. The van der Waals surface area contributed by atoms with Crippen molar-refractivity contribution in [1.29, 1.82) is 0 Å². The van der Waals surface area contributed by atoms with Gasteiger partial charge in [0, 0.05) is 0 Å². The molecule has 0 bridgehead atoms. The maximum Gasteiger partial charge on any atom is 0.0651 e. The van der Waals surface area contributed by atoms with Gasteiger partial charge < -0.3 is 4.84 Å². The molecular weight excluding hydrogens is 134 g/mol. The first kappa shape index (κ1) is 9.04. The number of halogens is 1. The van der Waals surface area contributed by atoms with Gasteiger partial charge in [0.2, 0.25) is 0 Å². The highest BCUT2D eigenvalue weighted by Gasteiger charge is 1.52. The third-order valence-electron chi connectivity index (χ3n) is 0.167. The molecule has 0 heterocycles. The first-order valence-electron chi connectivity index (χ1n) is 1.23. The Morgan fingerprint density at radius 2 is 2.00 bits per heavy atom. The Labute approximate surface area is 42.0 Å². The van der Waals surface area contributed by atoms with Crippen LogP contribution in [0, 0.1) is 0 Å². The van der Waals surface area contributed by atoms with Crippen molar-refractivity contribution in [2.75, 3.05) is 6.61 Å². The van der Waals surface area contributed by atoms with E-state index in [4.69, 9.17) is 0 Å². The number of hydrogen-bond donors (Lipinski definition) is 1. The number of hydrogen-bond acceptors (Lipinski definition) is 2. The first-order chi connectivity index (χ1) is 1.91. The van der Waals surface area contributed by atoms with E-state index in [2.05, 4.69) is 10.7 Å². The summed E-state index contributed by atoms with van der Waals surface area (Å²) in [6, 6.07) is 0. The minimum Gasteiger partial charge on any atom is -0.305 e. The van der Waals surface area contributed by atoms with Crippen LogP contribution in [-0.2, 0) is 4.84 Å². The van der Waals surface area contributed by atoms with Crippen LogP contribution in [-0.4, -0.2) is 6.61 Å². The molecule has 0 aromatic rings. The number of rotatable bonds is 1. The summed E-state index contributed by atoms with van der Waals surface area (Å²) in [7, 11) is 0. The predicted molar refractivity (Wildman–Crippen MR) is 26.1 cm³/mol. The van der Waals surface area contributed by atoms with Gasteiger partial charge >= 0.3 is 0 Å². The molecule has 2 nitrogen and oxygen atoms in total. The van der Waals surface area contributed by atoms with E-state index < -0.39 is 0 Å². The minimum absolute atomic E-state index is 0. The molecule has 0 aliphatic heterocycles. The molecule has 0 aliphatic rings. The largest absolute Gasteiger partial charge is 0.305 e. The maximum absolute atomic E-state index is 4.53. The normalized spacial score (nSPS) is 6.00. The summed E-state index contributed by atoms with van der Waals surface area (Å²) in [5.41, 5.74) is 0. The van der Waals surface area contributed by atoms with Crippen molar-refractivity contribution in [3.8, 4) is 0 Å². The minimum atomic E-state index is 0. The van der Waals surface area contributed by atoms with Gasteiger partial charge in [-0.05, 0) is 6.92 Å². The Morgan fingerprint density at radius 1 is 1.80 bits per heavy atom. The van der Waals surface area contributed by atoms with Crippen LogP contribution in [0.4, 0.5) is 0 Å². The summed E-state index contributed by atoms with van der Waals surface area (Å²) in [6.07, 6.45) is 0. The standard InChI is InChI=1S/C2H7NO.BrH/c1-2-4-3;/h2-3H2,1H3;1H. The van der Waals surface area contributed by atoms with Crippen LogP contribution in [0.2, 0.25) is 0 Å². The molecule has 0 fully saturated rings. The molecule has 5 heavy (non-hydrogen) atoms. The lowest BCUT2D eigenvalue weighted by molar-refractivity contribution is 0.152. The van der Waals surface area contributed by atoms with Gasteiger partial charge in [-0.15, -0.1) is 17.0 Å². The molecule has 0 saturated carbocycles. The molecule has 0 unspecified atom stereocenters. The third-order valence-corrected chi connectivity index (χ3v) is 0.167. The van der Waals surface area contributed by atoms with Crippen LogP contribution in [0.3, 0.4) is 0 Å². The van der Waals surface area contributed by atoms with Gasteiger partial charge in [0.15, 0.2) is 0 Å². The molecule has 3 heteroatoms. The second kappa shape index (κ2) is 8.83. The molecule has 0 atom stereocenters. The van der Waals surface area contributed by atoms with Crippen LogP contribution < -0.4 is 5.90 Å². The molecule has 34 valence electrons. The van der Waals surface area contributed by atoms with Crippen LogP contribution >= 0.6 is 17.0 Å². The lowest BCUT2D eigenvalue weighted by atomic mass is 10.9. The van der Waals surface area contributed by atoms with Gasteiger partial charge in [0.1, 0.15) is 0 Å². The van der Waals surface area contributed by atoms with E-state index in [1.165, 1.54) is 0 Å². The maximum atomic E-state index is 4.53. The van der Waals surface area contributed by atoms with Crippen LogP contribution in [0.25, 0.3) is 0 Å². The van der Waals surface area contributed by atoms with Crippen LogP contribution in [0.5, 0.6) is 0 Å². The van der Waals surface area contributed by atoms with Gasteiger partial charge in [-0.2, -0.15) is 0 Å². The topological polar surface area (TPSA) is 35.2 Å². The van der Waals surface area contributed by atoms with E-state index in [1.807, 2.05) is 6.92 Å². The van der Waals surface area contributed by atoms with E-state index in [9.17, 15) is 0 Å². The quantitative estimate of drug-likeness (QED) is 0.540. The van der Waals surface area contributed by atoms with Crippen molar-refractivity contribution >= 4 is 17.0 Å². The van der Waals surface area contributed by atoms with E-state index in [0.717, 1.165) is 0 Å². The van der Waals surface area contributed by atoms with Gasteiger partial charge in [0.25, 0.3) is 0 Å². The molecule has 0 amide bonds. The molecular formula is C2H8BrNO. The van der Waals surface area contributed by atoms with E-state index in [1.54, 1.807) is 0 Å². The highest BCUT2D eigenvalue weighted by Crippen LogP contribution is 1.46. The Bertz CT molecular complexity index is 11.6. The average Bonchev–Trinajstić information content (AvgIpc) is 1.37. The zero-order chi connectivity index (χ0) is 3.41. The average molecular weight is 142 g/mol. The molecule has 0 aliphatic carbocycles. The summed E-state index contributed by atoms with van der Waals surface area (Å²) in [5.74, 6) is 4.53. The fraction of sp³-hybridized carbons (Fsp3) is 1.00. The SMILES string of the molecule is Br.CCON. The summed E-state index contributed by atoms with van der Waals surface area (Å²) in [6.45, 7) is 2.43. The van der Waals surface area contributed by atoms with Crippen molar-refractivity contribution in [2.45, 2.75) is 6.92 Å². The molecule has 0 saturated heterocycles. The highest BCUT2D eigenvalue weighted by molar-refractivity contribution is 8.93. The summed E-state index contributed by atoms with van der Waals surface area (Å²) < 4.78 is 0. The third kappa shape index (κ3) is 12.9. The Hall–Kier alpha value is 0.400. The Morgan fingerprint density at radius 3 is 2.00 bits per heavy atom. The summed E-state index contributed by atoms with van der Waals surface area (Å²) >= 11 is 0. The zero-order valence-corrected chi connectivity index (χ0v) is 4.81. The summed E-state index contributed by atoms with van der Waals surface area (Å²) in [4.78, 5) is 4.04. The second-order valence-electron chi connectivity index (χ2n) is 0.455. The van der Waals surface area contributed by atoms with Crippen molar-refractivity contribution in [3.63, 3.8) is 0 Å². The van der Waals surface area contributed by atoms with Gasteiger partial charge in [-0.3, -0.25) is 0 Å². The van der Waals surface area contributed by atoms with Crippen molar-refractivity contribution in [1.82, 2.24) is 0 Å². The lowest BCUT2D eigenvalue weighted by Crippen LogP contribution is -1.94. The lowest BCUT2D eigenvalue weighted by Gasteiger charge is -1.76. The van der Waals surface area contributed by atoms with E-state index in [0.29, 0.717) is 6.61 Å².